The van der Waals surface area contributed by atoms with Gasteiger partial charge in [-0.05, 0) is 55.3 Å². The largest absolute Gasteiger partial charge is 0.497 e. The fourth-order valence-corrected chi connectivity index (χ4v) is 5.10. The van der Waals surface area contributed by atoms with Gasteiger partial charge in [-0.3, -0.25) is 0 Å². The van der Waals surface area contributed by atoms with E-state index < -0.39 is 10.0 Å². The van der Waals surface area contributed by atoms with Crippen molar-refractivity contribution in [3.63, 3.8) is 0 Å². The van der Waals surface area contributed by atoms with Crippen LogP contribution in [-0.4, -0.2) is 20.1 Å². The van der Waals surface area contributed by atoms with Crippen molar-refractivity contribution in [2.75, 3.05) is 7.11 Å². The molecular weight excluding hydrogens is 344 g/mol. The Balaban J connectivity index is 2.18. The summed E-state index contributed by atoms with van der Waals surface area (Å²) in [5, 5.41) is 0. The fourth-order valence-electron chi connectivity index (χ4n) is 2.67. The zero-order valence-electron chi connectivity index (χ0n) is 13.9. The number of hydrogen-bond donors (Lipinski definition) is 0. The molecule has 24 heavy (non-hydrogen) atoms. The molecule has 0 bridgehead atoms. The summed E-state index contributed by atoms with van der Waals surface area (Å²) in [7, 11) is -0.398. The molecule has 0 atom stereocenters. The Bertz CT molecular complexity index is 1080. The number of aryl methyl sites for hydroxylation is 3. The van der Waals surface area contributed by atoms with E-state index in [1.54, 1.807) is 12.1 Å². The van der Waals surface area contributed by atoms with E-state index in [2.05, 4.69) is 10.5 Å². The van der Waals surface area contributed by atoms with Crippen molar-refractivity contribution in [3.05, 3.63) is 52.3 Å². The van der Waals surface area contributed by atoms with Crippen molar-refractivity contribution < 1.29 is 13.2 Å². The Morgan fingerprint density at radius 2 is 1.79 bits per heavy atom. The Morgan fingerprint density at radius 1 is 1.12 bits per heavy atom. The SMILES string of the molecule is COc1ccc(S(=O)(=O)/N=c2\sc3cc(C)cc(C)c3n2C)cc1. The van der Waals surface area contributed by atoms with Gasteiger partial charge in [0, 0.05) is 7.05 Å². The molecule has 0 aliphatic heterocycles. The smallest absolute Gasteiger partial charge is 0.285 e. The van der Waals surface area contributed by atoms with Crippen LogP contribution in [0, 0.1) is 13.8 Å². The highest BCUT2D eigenvalue weighted by atomic mass is 32.2. The van der Waals surface area contributed by atoms with Crippen LogP contribution in [0.5, 0.6) is 5.75 Å². The van der Waals surface area contributed by atoms with Gasteiger partial charge >= 0.3 is 0 Å². The second-order valence-electron chi connectivity index (χ2n) is 5.61. The summed E-state index contributed by atoms with van der Waals surface area (Å²) < 4.78 is 37.1. The standard InChI is InChI=1S/C17H18N2O3S2/c1-11-9-12(2)16-15(10-11)23-17(19(16)3)18-24(20,21)14-7-5-13(22-4)6-8-14/h5-10H,1-4H3/b18-17-. The minimum atomic E-state index is -3.77. The molecule has 0 N–H and O–H groups in total. The number of thiazole rings is 1. The van der Waals surface area contributed by atoms with Crippen LogP contribution in [0.2, 0.25) is 0 Å². The predicted octanol–water partition coefficient (Wildman–Crippen LogP) is 3.15. The van der Waals surface area contributed by atoms with Crippen molar-refractivity contribution in [1.82, 2.24) is 4.57 Å². The van der Waals surface area contributed by atoms with Gasteiger partial charge in [0.15, 0.2) is 0 Å². The lowest BCUT2D eigenvalue weighted by molar-refractivity contribution is 0.414. The minimum absolute atomic E-state index is 0.147. The van der Waals surface area contributed by atoms with E-state index in [1.165, 1.54) is 30.6 Å². The summed E-state index contributed by atoms with van der Waals surface area (Å²) >= 11 is 1.37. The monoisotopic (exact) mass is 362 g/mol. The lowest BCUT2D eigenvalue weighted by Gasteiger charge is -2.02. The third kappa shape index (κ3) is 2.97. The van der Waals surface area contributed by atoms with Gasteiger partial charge in [-0.15, -0.1) is 4.40 Å². The molecule has 0 radical (unpaired) electrons. The maximum atomic E-state index is 12.6. The number of hydrogen-bond acceptors (Lipinski definition) is 4. The molecule has 5 nitrogen and oxygen atoms in total. The highest BCUT2D eigenvalue weighted by Crippen LogP contribution is 2.23. The molecule has 0 fully saturated rings. The van der Waals surface area contributed by atoms with Gasteiger partial charge in [-0.1, -0.05) is 17.4 Å². The van der Waals surface area contributed by atoms with Crippen molar-refractivity contribution in [2.24, 2.45) is 11.4 Å². The Morgan fingerprint density at radius 3 is 2.42 bits per heavy atom. The maximum absolute atomic E-state index is 12.6. The third-order valence-electron chi connectivity index (χ3n) is 3.79. The molecule has 0 saturated heterocycles. The molecule has 2 aromatic carbocycles. The van der Waals surface area contributed by atoms with Crippen LogP contribution in [0.15, 0.2) is 45.7 Å². The first-order chi connectivity index (χ1) is 11.3. The highest BCUT2D eigenvalue weighted by molar-refractivity contribution is 7.90. The van der Waals surface area contributed by atoms with Crippen LogP contribution in [0.25, 0.3) is 10.2 Å². The van der Waals surface area contributed by atoms with E-state index >= 15 is 0 Å². The molecular formula is C17H18N2O3S2. The first-order valence-electron chi connectivity index (χ1n) is 7.33. The summed E-state index contributed by atoms with van der Waals surface area (Å²) in [6.07, 6.45) is 0. The van der Waals surface area contributed by atoms with Crippen LogP contribution in [-0.2, 0) is 17.1 Å². The van der Waals surface area contributed by atoms with Crippen molar-refractivity contribution in [3.8, 4) is 5.75 Å². The molecule has 0 spiro atoms. The second-order valence-corrected chi connectivity index (χ2v) is 8.23. The molecule has 0 aliphatic carbocycles. The Hall–Kier alpha value is -2.12. The van der Waals surface area contributed by atoms with E-state index in [9.17, 15) is 8.42 Å². The van der Waals surface area contributed by atoms with Gasteiger partial charge in [0.1, 0.15) is 5.75 Å². The average Bonchev–Trinajstić information content (AvgIpc) is 2.82. The second kappa shape index (κ2) is 6.07. The van der Waals surface area contributed by atoms with E-state index in [-0.39, 0.29) is 4.90 Å². The molecule has 0 amide bonds. The maximum Gasteiger partial charge on any atom is 0.285 e. The lowest BCUT2D eigenvalue weighted by Crippen LogP contribution is -2.14. The topological polar surface area (TPSA) is 60.7 Å². The number of aromatic nitrogens is 1. The summed E-state index contributed by atoms with van der Waals surface area (Å²) in [4.78, 5) is 0.600. The number of fused-ring (bicyclic) bond motifs is 1. The molecule has 1 heterocycles. The highest BCUT2D eigenvalue weighted by Gasteiger charge is 2.14. The quantitative estimate of drug-likeness (QED) is 0.719. The molecule has 0 saturated carbocycles. The summed E-state index contributed by atoms with van der Waals surface area (Å²) in [5.74, 6) is 0.604. The van der Waals surface area contributed by atoms with Gasteiger partial charge in [0.25, 0.3) is 10.0 Å². The zero-order valence-corrected chi connectivity index (χ0v) is 15.5. The van der Waals surface area contributed by atoms with Crippen molar-refractivity contribution >= 4 is 31.6 Å². The fraction of sp³-hybridized carbons (Fsp3) is 0.235. The Kier molecular flexibility index (Phi) is 4.23. The summed E-state index contributed by atoms with van der Waals surface area (Å²) in [6, 6.07) is 10.4. The Labute approximate surface area is 144 Å². The molecule has 0 aliphatic rings. The number of methoxy groups -OCH3 is 1. The summed E-state index contributed by atoms with van der Waals surface area (Å²) in [5.41, 5.74) is 3.26. The number of sulfonamides is 1. The molecule has 3 aromatic rings. The van der Waals surface area contributed by atoms with Crippen molar-refractivity contribution in [1.29, 1.82) is 0 Å². The molecule has 3 rings (SSSR count). The van der Waals surface area contributed by atoms with E-state index in [0.29, 0.717) is 10.6 Å². The summed E-state index contributed by atoms with van der Waals surface area (Å²) in [6.45, 7) is 4.04. The number of benzene rings is 2. The third-order valence-corrected chi connectivity index (χ3v) is 6.26. The molecule has 7 heteroatoms. The number of nitrogens with zero attached hydrogens (tertiary/aromatic N) is 2. The van der Waals surface area contributed by atoms with Gasteiger partial charge in [-0.25, -0.2) is 0 Å². The average molecular weight is 362 g/mol. The van der Waals surface area contributed by atoms with Gasteiger partial charge in [0.2, 0.25) is 4.80 Å². The molecule has 126 valence electrons. The predicted molar refractivity (Wildman–Crippen MR) is 96.0 cm³/mol. The van der Waals surface area contributed by atoms with Crippen LogP contribution < -0.4 is 9.54 Å². The zero-order chi connectivity index (χ0) is 17.5. The molecule has 1 aromatic heterocycles. The first-order valence-corrected chi connectivity index (χ1v) is 9.59. The number of ether oxygens (including phenoxy) is 1. The van der Waals surface area contributed by atoms with Crippen LogP contribution in [0.3, 0.4) is 0 Å². The van der Waals surface area contributed by atoms with Crippen LogP contribution in [0.1, 0.15) is 11.1 Å². The molecule has 0 unspecified atom stereocenters. The number of rotatable bonds is 3. The normalized spacial score (nSPS) is 12.8. The van der Waals surface area contributed by atoms with E-state index in [1.807, 2.05) is 31.5 Å². The van der Waals surface area contributed by atoms with Gasteiger partial charge in [-0.2, -0.15) is 8.42 Å². The van der Waals surface area contributed by atoms with Crippen LogP contribution >= 0.6 is 11.3 Å². The lowest BCUT2D eigenvalue weighted by atomic mass is 10.1. The van der Waals surface area contributed by atoms with Crippen LogP contribution in [0.4, 0.5) is 0 Å². The van der Waals surface area contributed by atoms with Gasteiger partial charge < -0.3 is 9.30 Å². The van der Waals surface area contributed by atoms with Crippen molar-refractivity contribution in [2.45, 2.75) is 18.7 Å². The first kappa shape index (κ1) is 16.7. The van der Waals surface area contributed by atoms with E-state index in [4.69, 9.17) is 4.74 Å². The minimum Gasteiger partial charge on any atom is -0.497 e. The van der Waals surface area contributed by atoms with Gasteiger partial charge in [0.05, 0.1) is 22.2 Å². The van der Waals surface area contributed by atoms with E-state index in [0.717, 1.165) is 21.3 Å².